The predicted octanol–water partition coefficient (Wildman–Crippen LogP) is -0.385. The van der Waals surface area contributed by atoms with Gasteiger partial charge in [-0.1, -0.05) is 0 Å². The number of rotatable bonds is 0. The Balaban J connectivity index is 2.89. The lowest BCUT2D eigenvalue weighted by Gasteiger charge is -1.87. The topological polar surface area (TPSA) is 64.5 Å². The quantitative estimate of drug-likeness (QED) is 0.488. The molecule has 0 fully saturated rings. The second-order valence-corrected chi connectivity index (χ2v) is 1.64. The third-order valence-electron chi connectivity index (χ3n) is 1.03. The summed E-state index contributed by atoms with van der Waals surface area (Å²) in [6.45, 7) is 0. The van der Waals surface area contributed by atoms with E-state index in [0.717, 1.165) is 0 Å². The molecular weight excluding hydrogens is 130 g/mol. The van der Waals surface area contributed by atoms with Gasteiger partial charge in [-0.15, -0.1) is 10.2 Å². The molecule has 0 N–H and O–H groups in total. The average Bonchev–Trinajstić information content (AvgIpc) is 2.05. The molecule has 5 heteroatoms. The summed E-state index contributed by atoms with van der Waals surface area (Å²) in [7, 11) is 0. The van der Waals surface area contributed by atoms with Crippen molar-refractivity contribution in [2.24, 2.45) is 0 Å². The van der Waals surface area contributed by atoms with Crippen molar-refractivity contribution in [3.63, 3.8) is 0 Å². The summed E-state index contributed by atoms with van der Waals surface area (Å²) >= 11 is 0. The van der Waals surface area contributed by atoms with Gasteiger partial charge in [-0.25, -0.2) is 15.0 Å². The third kappa shape index (κ3) is 0.680. The Morgan fingerprint density at radius 1 is 1.40 bits per heavy atom. The zero-order valence-electron chi connectivity index (χ0n) is 4.89. The molecule has 10 heavy (non-hydrogen) atoms. The molecule has 0 bridgehead atoms. The van der Waals surface area contributed by atoms with Crippen molar-refractivity contribution >= 4 is 11.2 Å². The smallest absolute Gasteiger partial charge is 0.223 e. The van der Waals surface area contributed by atoms with E-state index in [4.69, 9.17) is 0 Å². The first-order valence-electron chi connectivity index (χ1n) is 2.63. The zero-order chi connectivity index (χ0) is 6.81. The molecule has 0 atom stereocenters. The maximum atomic E-state index is 3.83. The highest BCUT2D eigenvalue weighted by Crippen LogP contribution is 1.96. The molecule has 0 amide bonds. The van der Waals surface area contributed by atoms with E-state index in [1.54, 1.807) is 6.20 Å². The molecule has 2 rings (SSSR count). The van der Waals surface area contributed by atoms with Crippen molar-refractivity contribution in [3.05, 3.63) is 18.9 Å². The first-order chi connectivity index (χ1) is 4.97. The molecule has 0 aliphatic carbocycles. The standard InChI is InChI=1S/C5H2N5/c1-4-5(7-2-6-1)8-3-9-10-4/h1-2H. The van der Waals surface area contributed by atoms with E-state index in [1.807, 2.05) is 0 Å². The first kappa shape index (κ1) is 5.16. The summed E-state index contributed by atoms with van der Waals surface area (Å²) in [4.78, 5) is 11.3. The molecule has 0 saturated heterocycles. The maximum absolute atomic E-state index is 3.83. The summed E-state index contributed by atoms with van der Waals surface area (Å²) in [6.07, 6.45) is 5.29. The predicted molar refractivity (Wildman–Crippen MR) is 31.8 cm³/mol. The van der Waals surface area contributed by atoms with E-state index in [-0.39, 0.29) is 0 Å². The van der Waals surface area contributed by atoms with Crippen LogP contribution in [-0.2, 0) is 0 Å². The Morgan fingerprint density at radius 3 is 3.30 bits per heavy atom. The highest BCUT2D eigenvalue weighted by molar-refractivity contribution is 5.65. The van der Waals surface area contributed by atoms with Gasteiger partial charge in [0.25, 0.3) is 0 Å². The summed E-state index contributed by atoms with van der Waals surface area (Å²) < 4.78 is 0. The van der Waals surface area contributed by atoms with E-state index >= 15 is 0 Å². The van der Waals surface area contributed by atoms with Crippen LogP contribution in [0.4, 0.5) is 0 Å². The first-order valence-corrected chi connectivity index (χ1v) is 2.63. The lowest BCUT2D eigenvalue weighted by atomic mass is 10.6. The highest BCUT2D eigenvalue weighted by atomic mass is 15.1. The highest BCUT2D eigenvalue weighted by Gasteiger charge is 1.92. The van der Waals surface area contributed by atoms with Crippen LogP contribution < -0.4 is 0 Å². The van der Waals surface area contributed by atoms with Crippen LogP contribution in [-0.4, -0.2) is 25.1 Å². The Kier molecular flexibility index (Phi) is 1.00. The fourth-order valence-electron chi connectivity index (χ4n) is 0.618. The van der Waals surface area contributed by atoms with Gasteiger partial charge in [0.1, 0.15) is 11.8 Å². The third-order valence-corrected chi connectivity index (χ3v) is 1.03. The molecule has 0 aromatic carbocycles. The van der Waals surface area contributed by atoms with Crippen molar-refractivity contribution in [1.82, 2.24) is 25.1 Å². The van der Waals surface area contributed by atoms with Gasteiger partial charge in [0.05, 0.1) is 6.20 Å². The summed E-state index contributed by atoms with van der Waals surface area (Å²) in [6, 6.07) is 0. The van der Waals surface area contributed by atoms with Gasteiger partial charge < -0.3 is 0 Å². The number of fused-ring (bicyclic) bond motifs is 1. The molecule has 47 valence electrons. The molecule has 1 radical (unpaired) electrons. The largest absolute Gasteiger partial charge is 0.242 e. The van der Waals surface area contributed by atoms with E-state index < -0.39 is 0 Å². The fourth-order valence-corrected chi connectivity index (χ4v) is 0.618. The minimum absolute atomic E-state index is 0.519. The second kappa shape index (κ2) is 1.94. The van der Waals surface area contributed by atoms with Crippen molar-refractivity contribution in [2.75, 3.05) is 0 Å². The van der Waals surface area contributed by atoms with E-state index in [0.29, 0.717) is 11.2 Å². The van der Waals surface area contributed by atoms with Crippen LogP contribution in [0, 0.1) is 6.33 Å². The number of hydrogen-bond acceptors (Lipinski definition) is 5. The zero-order valence-corrected chi connectivity index (χ0v) is 4.89. The van der Waals surface area contributed by atoms with Crippen molar-refractivity contribution < 1.29 is 0 Å². The van der Waals surface area contributed by atoms with Gasteiger partial charge >= 0.3 is 0 Å². The van der Waals surface area contributed by atoms with Gasteiger partial charge in [-0.05, 0) is 0 Å². The molecule has 0 saturated carbocycles. The van der Waals surface area contributed by atoms with Gasteiger partial charge in [-0.2, -0.15) is 0 Å². The molecule has 2 aromatic heterocycles. The van der Waals surface area contributed by atoms with Gasteiger partial charge in [0.2, 0.25) is 6.33 Å². The van der Waals surface area contributed by atoms with E-state index in [2.05, 4.69) is 31.5 Å². The molecule has 0 aliphatic heterocycles. The summed E-state index contributed by atoms with van der Waals surface area (Å²) in [5.41, 5.74) is 1.10. The molecule has 2 heterocycles. The van der Waals surface area contributed by atoms with Crippen molar-refractivity contribution in [1.29, 1.82) is 0 Å². The monoisotopic (exact) mass is 132 g/mol. The Bertz CT molecular complexity index is 281. The summed E-state index contributed by atoms with van der Waals surface area (Å²) in [5, 5.41) is 7.13. The number of nitrogens with zero attached hydrogens (tertiary/aromatic N) is 5. The van der Waals surface area contributed by atoms with Crippen LogP contribution >= 0.6 is 0 Å². The molecule has 0 unspecified atom stereocenters. The summed E-state index contributed by atoms with van der Waals surface area (Å²) in [5.74, 6) is 0. The molecule has 0 aliphatic rings. The number of hydrogen-bond donors (Lipinski definition) is 0. The van der Waals surface area contributed by atoms with Crippen LogP contribution in [0.25, 0.3) is 11.2 Å². The van der Waals surface area contributed by atoms with Gasteiger partial charge in [0.15, 0.2) is 5.65 Å². The molecule has 5 nitrogen and oxygen atoms in total. The fraction of sp³-hybridized carbons (Fsp3) is 0. The van der Waals surface area contributed by atoms with Crippen LogP contribution in [0.2, 0.25) is 0 Å². The second-order valence-electron chi connectivity index (χ2n) is 1.64. The Morgan fingerprint density at radius 2 is 2.40 bits per heavy atom. The van der Waals surface area contributed by atoms with Crippen LogP contribution in [0.15, 0.2) is 12.5 Å². The van der Waals surface area contributed by atoms with Crippen LogP contribution in [0.5, 0.6) is 0 Å². The van der Waals surface area contributed by atoms with Crippen molar-refractivity contribution in [3.8, 4) is 0 Å². The van der Waals surface area contributed by atoms with Crippen LogP contribution in [0.3, 0.4) is 0 Å². The van der Waals surface area contributed by atoms with E-state index in [1.165, 1.54) is 6.33 Å². The van der Waals surface area contributed by atoms with Crippen LogP contribution in [0.1, 0.15) is 0 Å². The minimum Gasteiger partial charge on any atom is -0.242 e. The molecule has 2 aromatic rings. The lowest BCUT2D eigenvalue weighted by molar-refractivity contribution is 0.985. The Labute approximate surface area is 56.2 Å². The van der Waals surface area contributed by atoms with Crippen molar-refractivity contribution in [2.45, 2.75) is 0 Å². The maximum Gasteiger partial charge on any atom is 0.223 e. The SMILES string of the molecule is [c]1nnc2cncnc2n1. The van der Waals surface area contributed by atoms with Gasteiger partial charge in [-0.3, -0.25) is 0 Å². The van der Waals surface area contributed by atoms with E-state index in [9.17, 15) is 0 Å². The lowest BCUT2D eigenvalue weighted by Crippen LogP contribution is -1.89. The molecular formula is C5H2N5. The normalized spacial score (nSPS) is 10.0. The molecule has 0 spiro atoms. The number of aromatic nitrogens is 5. The van der Waals surface area contributed by atoms with Gasteiger partial charge in [0, 0.05) is 0 Å². The minimum atomic E-state index is 0.519. The average molecular weight is 132 g/mol. The Hall–Kier alpha value is -1.65.